The molecule has 0 spiro atoms. The molecule has 72 heavy (non-hydrogen) atoms. The van der Waals surface area contributed by atoms with Gasteiger partial charge in [-0.2, -0.15) is 0 Å². The topological polar surface area (TPSA) is 13.0 Å². The van der Waals surface area contributed by atoms with E-state index in [1.54, 1.807) is 0 Å². The first-order valence-corrected chi connectivity index (χ1v) is 25.0. The predicted octanol–water partition coefficient (Wildman–Crippen LogP) is 13.2. The molecule has 11 aromatic carbocycles. The van der Waals surface area contributed by atoms with Crippen molar-refractivity contribution in [3.63, 3.8) is 0 Å². The molecule has 0 fully saturated rings. The van der Waals surface area contributed by atoms with Crippen molar-refractivity contribution < 1.29 is 0 Å². The lowest BCUT2D eigenvalue weighted by Gasteiger charge is -2.47. The Morgan fingerprint density at radius 1 is 0.194 bits per heavy atom. The Labute approximate surface area is 421 Å². The minimum atomic E-state index is -0.0672. The number of para-hydroxylation sites is 6. The first-order chi connectivity index (χ1) is 35.8. The molecule has 4 heterocycles. The lowest BCUT2D eigenvalue weighted by molar-refractivity contribution is 1.23. The number of rotatable bonds is 6. The summed E-state index contributed by atoms with van der Waals surface area (Å²) < 4.78 is 0. The second kappa shape index (κ2) is 16.2. The molecule has 0 aromatic heterocycles. The SMILES string of the molecule is c1ccc(-c2cc3c4c(c2)N(c2ccccc2)c2cc5c(cc2B4c2ccccc2N3c2ccccc2)B2c3ccccc3N(c3ccccc3)c3cc(-c4ccccc4)cc(c32)N5c2ccccc2)cc1. The number of anilines is 12. The van der Waals surface area contributed by atoms with Crippen LogP contribution in [0.4, 0.5) is 68.2 Å². The van der Waals surface area contributed by atoms with E-state index in [0.717, 1.165) is 22.7 Å². The number of nitrogens with zero attached hydrogens (tertiary/aromatic N) is 4. The average molecular weight is 915 g/mol. The van der Waals surface area contributed by atoms with Crippen LogP contribution in [0, 0.1) is 0 Å². The van der Waals surface area contributed by atoms with Crippen molar-refractivity contribution in [2.75, 3.05) is 19.6 Å². The third-order valence-electron chi connectivity index (χ3n) is 15.3. The van der Waals surface area contributed by atoms with E-state index in [-0.39, 0.29) is 13.4 Å². The summed E-state index contributed by atoms with van der Waals surface area (Å²) in [5.74, 6) is 0. The first-order valence-electron chi connectivity index (χ1n) is 25.0. The Morgan fingerprint density at radius 3 is 0.806 bits per heavy atom. The first kappa shape index (κ1) is 40.6. The predicted molar refractivity (Wildman–Crippen MR) is 305 cm³/mol. The van der Waals surface area contributed by atoms with Crippen LogP contribution in [0.25, 0.3) is 22.3 Å². The van der Waals surface area contributed by atoms with Gasteiger partial charge in [-0.05, 0) is 146 Å². The Morgan fingerprint density at radius 2 is 0.472 bits per heavy atom. The van der Waals surface area contributed by atoms with Crippen LogP contribution < -0.4 is 52.4 Å². The molecule has 0 bridgehead atoms. The highest BCUT2D eigenvalue weighted by molar-refractivity contribution is 7.03. The zero-order valence-electron chi connectivity index (χ0n) is 39.3. The Hall–Kier alpha value is -9.25. The monoisotopic (exact) mass is 914 g/mol. The lowest BCUT2D eigenvalue weighted by atomic mass is 9.30. The van der Waals surface area contributed by atoms with Gasteiger partial charge in [0.05, 0.1) is 0 Å². The van der Waals surface area contributed by atoms with Gasteiger partial charge in [0.15, 0.2) is 0 Å². The van der Waals surface area contributed by atoms with Crippen molar-refractivity contribution in [3.05, 3.63) is 267 Å². The van der Waals surface area contributed by atoms with Crippen LogP contribution in [-0.4, -0.2) is 13.4 Å². The third kappa shape index (κ3) is 6.09. The molecule has 0 N–H and O–H groups in total. The fraction of sp³-hybridized carbons (Fsp3) is 0. The van der Waals surface area contributed by atoms with Gasteiger partial charge in [0.1, 0.15) is 0 Å². The molecule has 0 saturated carbocycles. The van der Waals surface area contributed by atoms with Crippen LogP contribution in [0.3, 0.4) is 0 Å². The molecule has 4 nitrogen and oxygen atoms in total. The maximum Gasteiger partial charge on any atom is 0.252 e. The molecule has 11 aromatic rings. The minimum absolute atomic E-state index is 0.0672. The highest BCUT2D eigenvalue weighted by Crippen LogP contribution is 2.50. The van der Waals surface area contributed by atoms with Gasteiger partial charge in [0, 0.05) is 68.2 Å². The quantitative estimate of drug-likeness (QED) is 0.154. The Bertz CT molecular complexity index is 3640. The second-order valence-electron chi connectivity index (χ2n) is 19.2. The fourth-order valence-electron chi connectivity index (χ4n) is 12.4. The second-order valence-corrected chi connectivity index (χ2v) is 19.2. The van der Waals surface area contributed by atoms with Crippen LogP contribution >= 0.6 is 0 Å². The van der Waals surface area contributed by atoms with Gasteiger partial charge in [0.2, 0.25) is 0 Å². The highest BCUT2D eigenvalue weighted by Gasteiger charge is 2.48. The molecular formula is C66H44B2N4. The van der Waals surface area contributed by atoms with E-state index in [4.69, 9.17) is 0 Å². The molecule has 0 radical (unpaired) electrons. The van der Waals surface area contributed by atoms with Crippen LogP contribution in [0.1, 0.15) is 0 Å². The molecule has 0 amide bonds. The molecule has 4 aliphatic heterocycles. The molecule has 334 valence electrons. The Kier molecular flexibility index (Phi) is 9.12. The molecular weight excluding hydrogens is 870 g/mol. The number of hydrogen-bond donors (Lipinski definition) is 0. The van der Waals surface area contributed by atoms with Gasteiger partial charge in [0.25, 0.3) is 13.4 Å². The van der Waals surface area contributed by atoms with Crippen LogP contribution in [0.2, 0.25) is 0 Å². The summed E-state index contributed by atoms with van der Waals surface area (Å²) in [7, 11) is 0. The van der Waals surface area contributed by atoms with Gasteiger partial charge in [-0.25, -0.2) is 0 Å². The maximum atomic E-state index is 2.62. The molecule has 15 rings (SSSR count). The minimum Gasteiger partial charge on any atom is -0.311 e. The van der Waals surface area contributed by atoms with Crippen LogP contribution in [0.15, 0.2) is 267 Å². The number of fused-ring (bicyclic) bond motifs is 8. The standard InChI is InChI=1S/C66H44B2N4/c1-7-23-45(24-8-1)47-39-61-65-63(41-47)71(51-31-15-5-16-32-51)59-44-60-56(43-55(59)67(65)53-35-19-21-37-57(53)69(61)49-27-11-3-12-28-49)68-54-36-20-22-38-58(54)70(50-29-13-4-14-30-50)62-40-48(46-25-9-2-10-26-46)42-64(66(62)68)72(60)52-33-17-6-18-34-52/h1-44H. The van der Waals surface area contributed by atoms with Crippen molar-refractivity contribution in [3.8, 4) is 22.3 Å². The fourth-order valence-corrected chi connectivity index (χ4v) is 12.4. The third-order valence-corrected chi connectivity index (χ3v) is 15.3. The summed E-state index contributed by atoms with van der Waals surface area (Å²) in [5, 5.41) is 0. The number of benzene rings is 11. The zero-order valence-corrected chi connectivity index (χ0v) is 39.3. The normalized spacial score (nSPS) is 13.4. The zero-order chi connectivity index (χ0) is 47.3. The smallest absolute Gasteiger partial charge is 0.252 e. The van der Waals surface area contributed by atoms with E-state index in [0.29, 0.717) is 0 Å². The molecule has 0 saturated heterocycles. The molecule has 0 atom stereocenters. The Balaban J connectivity index is 1.08. The number of hydrogen-bond acceptors (Lipinski definition) is 4. The van der Waals surface area contributed by atoms with E-state index in [2.05, 4.69) is 287 Å². The average Bonchev–Trinajstić information content (AvgIpc) is 3.45. The summed E-state index contributed by atoms with van der Waals surface area (Å²) in [5.41, 5.74) is 26.5. The van der Waals surface area contributed by atoms with Crippen LogP contribution in [-0.2, 0) is 0 Å². The van der Waals surface area contributed by atoms with Crippen LogP contribution in [0.5, 0.6) is 0 Å². The molecule has 4 aliphatic rings. The van der Waals surface area contributed by atoms with E-state index >= 15 is 0 Å². The highest BCUT2D eigenvalue weighted by atomic mass is 15.2. The van der Waals surface area contributed by atoms with Gasteiger partial charge in [-0.1, -0.05) is 176 Å². The van der Waals surface area contributed by atoms with Crippen molar-refractivity contribution in [1.29, 1.82) is 0 Å². The van der Waals surface area contributed by atoms with Crippen molar-refractivity contribution in [1.82, 2.24) is 0 Å². The van der Waals surface area contributed by atoms with Crippen molar-refractivity contribution in [2.24, 2.45) is 0 Å². The molecule has 0 unspecified atom stereocenters. The largest absolute Gasteiger partial charge is 0.311 e. The van der Waals surface area contributed by atoms with E-state index in [9.17, 15) is 0 Å². The summed E-state index contributed by atoms with van der Waals surface area (Å²) >= 11 is 0. The van der Waals surface area contributed by atoms with Crippen molar-refractivity contribution in [2.45, 2.75) is 0 Å². The van der Waals surface area contributed by atoms with Gasteiger partial charge >= 0.3 is 0 Å². The molecule has 6 heteroatoms. The lowest BCUT2D eigenvalue weighted by Crippen LogP contribution is -2.65. The summed E-state index contributed by atoms with van der Waals surface area (Å²) in [6.07, 6.45) is 0. The summed E-state index contributed by atoms with van der Waals surface area (Å²) in [6, 6.07) is 98.8. The van der Waals surface area contributed by atoms with Gasteiger partial charge < -0.3 is 19.6 Å². The summed E-state index contributed by atoms with van der Waals surface area (Å²) in [4.78, 5) is 10.1. The van der Waals surface area contributed by atoms with Gasteiger partial charge in [-0.3, -0.25) is 0 Å². The van der Waals surface area contributed by atoms with Gasteiger partial charge in [-0.15, -0.1) is 0 Å². The maximum absolute atomic E-state index is 2.62. The molecule has 0 aliphatic carbocycles. The van der Waals surface area contributed by atoms with E-state index in [1.165, 1.54) is 101 Å². The van der Waals surface area contributed by atoms with E-state index in [1.807, 2.05) is 0 Å². The van der Waals surface area contributed by atoms with E-state index < -0.39 is 0 Å². The van der Waals surface area contributed by atoms with Crippen molar-refractivity contribution >= 4 is 114 Å². The summed E-state index contributed by atoms with van der Waals surface area (Å²) in [6.45, 7) is -0.134.